The van der Waals surface area contributed by atoms with Gasteiger partial charge in [-0.25, -0.2) is 0 Å². The molecule has 2 N–H and O–H groups in total. The molecule has 0 radical (unpaired) electrons. The van der Waals surface area contributed by atoms with Crippen LogP contribution in [0, 0.1) is 0 Å². The lowest BCUT2D eigenvalue weighted by molar-refractivity contribution is 0.0953. The molecule has 1 amide bonds. The van der Waals surface area contributed by atoms with Gasteiger partial charge in [0.15, 0.2) is 0 Å². The summed E-state index contributed by atoms with van der Waals surface area (Å²) in [5.41, 5.74) is 0.629. The molecule has 1 rings (SSSR count). The summed E-state index contributed by atoms with van der Waals surface area (Å²) < 4.78 is 32.9. The molecule has 0 fully saturated rings. The number of carbonyl (C=O) groups is 1. The first-order valence-electron chi connectivity index (χ1n) is 6.11. The van der Waals surface area contributed by atoms with Gasteiger partial charge < -0.3 is 5.32 Å². The van der Waals surface area contributed by atoms with E-state index in [1.165, 1.54) is 0 Å². The summed E-state index contributed by atoms with van der Waals surface area (Å²) in [5, 5.41) is 2.80. The van der Waals surface area contributed by atoms with Gasteiger partial charge >= 0.3 is 10.4 Å². The van der Waals surface area contributed by atoms with Gasteiger partial charge in [0.05, 0.1) is 0 Å². The average Bonchev–Trinajstić information content (AvgIpc) is 2.41. The fraction of sp³-hybridized carbons (Fsp3) is 0.417. The summed E-state index contributed by atoms with van der Waals surface area (Å²) in [5.74, 6) is 0.363. The van der Waals surface area contributed by atoms with Crippen molar-refractivity contribution in [2.24, 2.45) is 0 Å². The van der Waals surface area contributed by atoms with Crippen molar-refractivity contribution in [1.29, 1.82) is 0 Å². The van der Waals surface area contributed by atoms with Gasteiger partial charge in [-0.1, -0.05) is 24.6 Å². The third-order valence-corrected chi connectivity index (χ3v) is 3.89. The van der Waals surface area contributed by atoms with E-state index in [2.05, 4.69) is 8.95 Å². The van der Waals surface area contributed by atoms with Crippen molar-refractivity contribution in [3.8, 4) is 0 Å². The minimum absolute atomic E-state index is 0.102. The Bertz CT molecular complexity index is 504. The van der Waals surface area contributed by atoms with Crippen molar-refractivity contribution >= 4 is 28.3 Å². The van der Waals surface area contributed by atoms with Crippen LogP contribution in [-0.2, 0) is 14.0 Å². The van der Waals surface area contributed by atoms with Crippen LogP contribution in [0.2, 0.25) is 0 Å². The van der Waals surface area contributed by atoms with Gasteiger partial charge in [0.1, 0.15) is 0 Å². The zero-order valence-electron chi connectivity index (χ0n) is 10.8. The predicted octanol–water partition coefficient (Wildman–Crippen LogP) is 2.05. The highest BCUT2D eigenvalue weighted by Gasteiger charge is 2.05. The first kappa shape index (κ1) is 17.0. The molecule has 6 nitrogen and oxygen atoms in total. The lowest BCUT2D eigenvalue weighted by Gasteiger charge is -2.04. The van der Waals surface area contributed by atoms with E-state index in [1.807, 2.05) is 6.07 Å². The molecular formula is C12H17NO5S2. The molecule has 0 spiro atoms. The van der Waals surface area contributed by atoms with E-state index in [0.29, 0.717) is 29.9 Å². The number of carbonyl (C=O) groups excluding carboxylic acids is 1. The summed E-state index contributed by atoms with van der Waals surface area (Å²) in [4.78, 5) is 11.7. The number of unbranched alkanes of at least 4 members (excludes halogenated alkanes) is 2. The zero-order chi connectivity index (χ0) is 14.8. The third kappa shape index (κ3) is 8.16. The van der Waals surface area contributed by atoms with Crippen molar-refractivity contribution in [3.63, 3.8) is 0 Å². The van der Waals surface area contributed by atoms with Crippen molar-refractivity contribution in [3.05, 3.63) is 35.9 Å². The number of rotatable bonds is 9. The van der Waals surface area contributed by atoms with Gasteiger partial charge in [0.25, 0.3) is 5.91 Å². The molecule has 0 aliphatic rings. The number of hydrogen-bond acceptors (Lipinski definition) is 5. The van der Waals surface area contributed by atoms with Crippen LogP contribution in [0.4, 0.5) is 0 Å². The van der Waals surface area contributed by atoms with Gasteiger partial charge in [-0.2, -0.15) is 12.0 Å². The van der Waals surface area contributed by atoms with Crippen LogP contribution in [0.3, 0.4) is 0 Å². The second-order valence-corrected chi connectivity index (χ2v) is 6.04. The van der Waals surface area contributed by atoms with E-state index >= 15 is 0 Å². The topological polar surface area (TPSA) is 92.7 Å². The predicted molar refractivity (Wildman–Crippen MR) is 77.7 cm³/mol. The molecule has 0 saturated heterocycles. The maximum Gasteiger partial charge on any atom is 0.408 e. The van der Waals surface area contributed by atoms with E-state index in [-0.39, 0.29) is 5.91 Å². The molecule has 1 aromatic rings. The van der Waals surface area contributed by atoms with Crippen LogP contribution in [0.1, 0.15) is 29.6 Å². The fourth-order valence-corrected chi connectivity index (χ4v) is 2.53. The third-order valence-electron chi connectivity index (χ3n) is 2.36. The van der Waals surface area contributed by atoms with Gasteiger partial charge in [-0.15, -0.1) is 0 Å². The van der Waals surface area contributed by atoms with Crippen LogP contribution in [0.25, 0.3) is 0 Å². The Kier molecular flexibility index (Phi) is 7.60. The Labute approximate surface area is 123 Å². The van der Waals surface area contributed by atoms with E-state index in [0.717, 1.165) is 19.3 Å². The summed E-state index contributed by atoms with van der Waals surface area (Å²) >= 11 is 0.696. The maximum atomic E-state index is 11.7. The molecule has 0 saturated carbocycles. The van der Waals surface area contributed by atoms with E-state index in [1.54, 1.807) is 24.3 Å². The summed E-state index contributed by atoms with van der Waals surface area (Å²) in [6, 6.07) is 8.96. The highest BCUT2D eigenvalue weighted by atomic mass is 32.3. The molecule has 8 heteroatoms. The SMILES string of the molecule is O=C(NCCCCCSOS(=O)(=O)O)c1ccccc1. The van der Waals surface area contributed by atoms with Gasteiger partial charge in [0, 0.05) is 29.9 Å². The number of hydrogen-bond donors (Lipinski definition) is 2. The smallest absolute Gasteiger partial charge is 0.352 e. The first-order valence-corrected chi connectivity index (χ1v) is 8.38. The lowest BCUT2D eigenvalue weighted by Crippen LogP contribution is -2.24. The summed E-state index contributed by atoms with van der Waals surface area (Å²) in [6.45, 7) is 0.567. The Hall–Kier alpha value is -1.09. The fourth-order valence-electron chi connectivity index (χ4n) is 1.45. The molecule has 0 aliphatic carbocycles. The van der Waals surface area contributed by atoms with Crippen LogP contribution in [-0.4, -0.2) is 31.2 Å². The normalized spacial score (nSPS) is 11.2. The zero-order valence-corrected chi connectivity index (χ0v) is 12.5. The summed E-state index contributed by atoms with van der Waals surface area (Å²) in [6.07, 6.45) is 2.36. The van der Waals surface area contributed by atoms with Crippen molar-refractivity contribution in [1.82, 2.24) is 5.32 Å². The average molecular weight is 319 g/mol. The van der Waals surface area contributed by atoms with E-state index in [4.69, 9.17) is 4.55 Å². The number of benzene rings is 1. The molecule has 0 aromatic heterocycles. The molecule has 0 bridgehead atoms. The van der Waals surface area contributed by atoms with Gasteiger partial charge in [0.2, 0.25) is 0 Å². The largest absolute Gasteiger partial charge is 0.408 e. The Morgan fingerprint density at radius 3 is 2.55 bits per heavy atom. The minimum Gasteiger partial charge on any atom is -0.352 e. The number of amides is 1. The molecule has 0 heterocycles. The second kappa shape index (κ2) is 8.96. The molecule has 20 heavy (non-hydrogen) atoms. The minimum atomic E-state index is -4.36. The molecular weight excluding hydrogens is 302 g/mol. The lowest BCUT2D eigenvalue weighted by atomic mass is 10.2. The van der Waals surface area contributed by atoms with Crippen molar-refractivity contribution in [2.45, 2.75) is 19.3 Å². The van der Waals surface area contributed by atoms with Gasteiger partial charge in [-0.05, 0) is 25.0 Å². The van der Waals surface area contributed by atoms with Gasteiger partial charge in [-0.3, -0.25) is 9.35 Å². The molecule has 0 atom stereocenters. The maximum absolute atomic E-state index is 11.7. The molecule has 0 unspecified atom stereocenters. The van der Waals surface area contributed by atoms with Crippen molar-refractivity contribution < 1.29 is 21.4 Å². The quantitative estimate of drug-likeness (QED) is 0.411. The standard InChI is InChI=1S/C12H17NO5S2/c14-12(11-7-3-1-4-8-11)13-9-5-2-6-10-19-18-20(15,16)17/h1,3-4,7-8H,2,5-6,9-10H2,(H,13,14)(H,15,16,17). The van der Waals surface area contributed by atoms with E-state index < -0.39 is 10.4 Å². The highest BCUT2D eigenvalue weighted by Crippen LogP contribution is 2.10. The van der Waals surface area contributed by atoms with Crippen LogP contribution in [0.15, 0.2) is 30.3 Å². The second-order valence-electron chi connectivity index (χ2n) is 4.00. The summed E-state index contributed by atoms with van der Waals surface area (Å²) in [7, 11) is -4.36. The van der Waals surface area contributed by atoms with Crippen LogP contribution in [0.5, 0.6) is 0 Å². The molecule has 0 aliphatic heterocycles. The van der Waals surface area contributed by atoms with Crippen molar-refractivity contribution in [2.75, 3.05) is 12.3 Å². The Morgan fingerprint density at radius 2 is 1.90 bits per heavy atom. The number of nitrogens with one attached hydrogen (secondary N) is 1. The van der Waals surface area contributed by atoms with E-state index in [9.17, 15) is 13.2 Å². The molecule has 112 valence electrons. The molecule has 1 aromatic carbocycles. The van der Waals surface area contributed by atoms with Crippen LogP contribution < -0.4 is 5.32 Å². The monoisotopic (exact) mass is 319 g/mol. The first-order chi connectivity index (χ1) is 9.49. The van der Waals surface area contributed by atoms with Crippen LogP contribution >= 0.6 is 12.0 Å². The Balaban J connectivity index is 2.01. The Morgan fingerprint density at radius 1 is 1.20 bits per heavy atom. The highest BCUT2D eigenvalue weighted by molar-refractivity contribution is 8.02.